The zero-order valence-corrected chi connectivity index (χ0v) is 15.0. The van der Waals surface area contributed by atoms with E-state index < -0.39 is 11.9 Å². The summed E-state index contributed by atoms with van der Waals surface area (Å²) < 4.78 is 9.43. The lowest BCUT2D eigenvalue weighted by Gasteiger charge is -2.15. The van der Waals surface area contributed by atoms with Gasteiger partial charge in [0.1, 0.15) is 12.0 Å². The van der Waals surface area contributed by atoms with Gasteiger partial charge >= 0.3 is 11.9 Å². The van der Waals surface area contributed by atoms with Crippen LogP contribution in [0.1, 0.15) is 34.6 Å². The lowest BCUT2D eigenvalue weighted by atomic mass is 10.1. The molecule has 1 heterocycles. The predicted molar refractivity (Wildman–Crippen MR) is 97.6 cm³/mol. The first-order valence-electron chi connectivity index (χ1n) is 7.81. The van der Waals surface area contributed by atoms with Crippen LogP contribution in [0.3, 0.4) is 0 Å². The molecule has 2 aromatic rings. The summed E-state index contributed by atoms with van der Waals surface area (Å²) in [6.07, 6.45) is 1.36. The van der Waals surface area contributed by atoms with Crippen LogP contribution >= 0.6 is 0 Å². The van der Waals surface area contributed by atoms with Crippen molar-refractivity contribution in [3.8, 4) is 0 Å². The average Bonchev–Trinajstić information content (AvgIpc) is 2.63. The van der Waals surface area contributed by atoms with Gasteiger partial charge in [0.25, 0.3) is 0 Å². The van der Waals surface area contributed by atoms with Crippen LogP contribution < -0.4 is 16.4 Å². The third kappa shape index (κ3) is 4.38. The highest BCUT2D eigenvalue weighted by Gasteiger charge is 2.15. The Labute approximate surface area is 150 Å². The van der Waals surface area contributed by atoms with Gasteiger partial charge in [0.05, 0.1) is 25.3 Å². The monoisotopic (exact) mass is 359 g/mol. The molecule has 0 bridgehead atoms. The summed E-state index contributed by atoms with van der Waals surface area (Å²) in [5.74, 6) is -0.357. The van der Waals surface area contributed by atoms with Gasteiger partial charge in [-0.15, -0.1) is 0 Å². The van der Waals surface area contributed by atoms with Gasteiger partial charge in [0.15, 0.2) is 11.6 Å². The minimum atomic E-state index is -0.586. The van der Waals surface area contributed by atoms with Crippen molar-refractivity contribution < 1.29 is 19.1 Å². The van der Waals surface area contributed by atoms with Gasteiger partial charge in [-0.2, -0.15) is 0 Å². The van der Waals surface area contributed by atoms with E-state index in [4.69, 9.17) is 15.2 Å². The van der Waals surface area contributed by atoms with E-state index in [0.717, 1.165) is 0 Å². The van der Waals surface area contributed by atoms with E-state index in [9.17, 15) is 9.59 Å². The zero-order chi connectivity index (χ0) is 19.3. The van der Waals surface area contributed by atoms with Crippen molar-refractivity contribution in [3.05, 3.63) is 35.7 Å². The fraction of sp³-hybridized carbons (Fsp3) is 0.294. The maximum absolute atomic E-state index is 11.9. The van der Waals surface area contributed by atoms with Crippen molar-refractivity contribution in [1.82, 2.24) is 9.97 Å². The minimum Gasteiger partial charge on any atom is -0.465 e. The molecule has 0 saturated heterocycles. The number of aromatic nitrogens is 2. The first-order valence-corrected chi connectivity index (χ1v) is 7.81. The largest absolute Gasteiger partial charge is 0.465 e. The molecule has 0 aliphatic carbocycles. The number of benzene rings is 1. The number of carbonyl (C=O) groups excluding carboxylic acids is 2. The van der Waals surface area contributed by atoms with Crippen LogP contribution in [0.2, 0.25) is 0 Å². The van der Waals surface area contributed by atoms with Gasteiger partial charge in [0, 0.05) is 11.7 Å². The second-order valence-electron chi connectivity index (χ2n) is 5.69. The molecule has 138 valence electrons. The van der Waals surface area contributed by atoms with Gasteiger partial charge < -0.3 is 25.8 Å². The molecule has 2 rings (SSSR count). The molecule has 0 amide bonds. The summed E-state index contributed by atoms with van der Waals surface area (Å²) in [5.41, 5.74) is 7.20. The number of nitrogens with two attached hydrogens (primary N) is 1. The SMILES string of the molecule is COC(=O)c1cc(Nc2ncnc(NC(C)C)c2N)cc(C(=O)OC)c1. The molecule has 0 atom stereocenters. The summed E-state index contributed by atoms with van der Waals surface area (Å²) in [6, 6.07) is 4.57. The molecule has 0 aliphatic rings. The number of ether oxygens (including phenoxy) is 2. The van der Waals surface area contributed by atoms with Crippen LogP contribution in [-0.2, 0) is 9.47 Å². The maximum atomic E-state index is 11.9. The molecular formula is C17H21N5O4. The second-order valence-corrected chi connectivity index (χ2v) is 5.69. The topological polar surface area (TPSA) is 128 Å². The highest BCUT2D eigenvalue weighted by Crippen LogP contribution is 2.27. The van der Waals surface area contributed by atoms with Crippen LogP contribution in [0.15, 0.2) is 24.5 Å². The summed E-state index contributed by atoms with van der Waals surface area (Å²) in [4.78, 5) is 31.9. The lowest BCUT2D eigenvalue weighted by Crippen LogP contribution is -2.14. The summed E-state index contributed by atoms with van der Waals surface area (Å²) in [7, 11) is 2.51. The fourth-order valence-corrected chi connectivity index (χ4v) is 2.19. The van der Waals surface area contributed by atoms with E-state index >= 15 is 0 Å². The fourth-order valence-electron chi connectivity index (χ4n) is 2.19. The van der Waals surface area contributed by atoms with Crippen molar-refractivity contribution in [1.29, 1.82) is 0 Å². The molecule has 0 radical (unpaired) electrons. The van der Waals surface area contributed by atoms with E-state index in [2.05, 4.69) is 20.6 Å². The van der Waals surface area contributed by atoms with Crippen molar-refractivity contribution in [2.75, 3.05) is 30.6 Å². The number of esters is 2. The molecule has 26 heavy (non-hydrogen) atoms. The van der Waals surface area contributed by atoms with E-state index in [1.165, 1.54) is 38.7 Å². The number of hydrogen-bond acceptors (Lipinski definition) is 9. The second kappa shape index (κ2) is 8.15. The van der Waals surface area contributed by atoms with E-state index in [-0.39, 0.29) is 17.2 Å². The molecule has 0 aliphatic heterocycles. The summed E-state index contributed by atoms with van der Waals surface area (Å²) >= 11 is 0. The van der Waals surface area contributed by atoms with Gasteiger partial charge in [-0.05, 0) is 32.0 Å². The van der Waals surface area contributed by atoms with Crippen molar-refractivity contribution in [2.24, 2.45) is 0 Å². The van der Waals surface area contributed by atoms with Gasteiger partial charge in [-0.3, -0.25) is 0 Å². The number of nitrogen functional groups attached to an aromatic ring is 1. The normalized spacial score (nSPS) is 10.3. The van der Waals surface area contributed by atoms with Gasteiger partial charge in [-0.1, -0.05) is 0 Å². The van der Waals surface area contributed by atoms with Crippen LogP contribution in [-0.4, -0.2) is 42.2 Å². The highest BCUT2D eigenvalue weighted by atomic mass is 16.5. The zero-order valence-electron chi connectivity index (χ0n) is 15.0. The third-order valence-electron chi connectivity index (χ3n) is 3.35. The first kappa shape index (κ1) is 19.0. The van der Waals surface area contributed by atoms with Crippen LogP contribution in [0.5, 0.6) is 0 Å². The van der Waals surface area contributed by atoms with Crippen molar-refractivity contribution >= 4 is 34.9 Å². The van der Waals surface area contributed by atoms with E-state index in [1.807, 2.05) is 13.8 Å². The molecule has 4 N–H and O–H groups in total. The summed E-state index contributed by atoms with van der Waals surface area (Å²) in [5, 5.41) is 6.11. The highest BCUT2D eigenvalue weighted by molar-refractivity contribution is 5.97. The Morgan fingerprint density at radius 3 is 2.04 bits per heavy atom. The van der Waals surface area contributed by atoms with Crippen LogP contribution in [0.25, 0.3) is 0 Å². The van der Waals surface area contributed by atoms with Crippen LogP contribution in [0, 0.1) is 0 Å². The Bertz CT molecular complexity index is 789. The van der Waals surface area contributed by atoms with Gasteiger partial charge in [0.2, 0.25) is 0 Å². The summed E-state index contributed by atoms with van der Waals surface area (Å²) in [6.45, 7) is 3.91. The number of methoxy groups -OCH3 is 2. The maximum Gasteiger partial charge on any atom is 0.337 e. The smallest absolute Gasteiger partial charge is 0.337 e. The molecule has 1 aromatic heterocycles. The van der Waals surface area contributed by atoms with Crippen LogP contribution in [0.4, 0.5) is 23.0 Å². The Kier molecular flexibility index (Phi) is 5.94. The Balaban J connectivity index is 2.42. The number of nitrogens with zero attached hydrogens (tertiary/aromatic N) is 2. The Morgan fingerprint density at radius 2 is 1.54 bits per heavy atom. The van der Waals surface area contributed by atoms with Crippen molar-refractivity contribution in [3.63, 3.8) is 0 Å². The Morgan fingerprint density at radius 1 is 1.00 bits per heavy atom. The molecule has 0 unspecified atom stereocenters. The molecule has 9 heteroatoms. The Hall–Kier alpha value is -3.36. The standard InChI is InChI=1S/C17H21N5O4/c1-9(2)21-14-13(18)15(20-8-19-14)22-12-6-10(16(23)25-3)5-11(7-12)17(24)26-4/h5-9H,18H2,1-4H3,(H2,19,20,21,22). The molecule has 0 fully saturated rings. The number of anilines is 4. The molecule has 0 saturated carbocycles. The molecular weight excluding hydrogens is 338 g/mol. The van der Waals surface area contributed by atoms with E-state index in [1.54, 1.807) is 0 Å². The quantitative estimate of drug-likeness (QED) is 0.665. The predicted octanol–water partition coefficient (Wildman–Crippen LogP) is 2.20. The number of rotatable bonds is 6. The lowest BCUT2D eigenvalue weighted by molar-refractivity contribution is 0.0599. The number of carbonyl (C=O) groups is 2. The van der Waals surface area contributed by atoms with Gasteiger partial charge in [-0.25, -0.2) is 19.6 Å². The molecule has 0 spiro atoms. The molecule has 9 nitrogen and oxygen atoms in total. The van der Waals surface area contributed by atoms with Crippen molar-refractivity contribution in [2.45, 2.75) is 19.9 Å². The minimum absolute atomic E-state index is 0.133. The third-order valence-corrected chi connectivity index (χ3v) is 3.35. The first-order chi connectivity index (χ1) is 12.3. The number of nitrogens with one attached hydrogen (secondary N) is 2. The number of hydrogen-bond donors (Lipinski definition) is 3. The average molecular weight is 359 g/mol. The molecule has 1 aromatic carbocycles. The van der Waals surface area contributed by atoms with E-state index in [0.29, 0.717) is 23.0 Å².